The highest BCUT2D eigenvalue weighted by Gasteiger charge is 2.27. The first-order valence-corrected chi connectivity index (χ1v) is 5.30. The zero-order valence-electron chi connectivity index (χ0n) is 9.10. The first kappa shape index (κ1) is 11.4. The topological polar surface area (TPSA) is 89.0 Å². The van der Waals surface area contributed by atoms with Gasteiger partial charge in [0.15, 0.2) is 0 Å². The van der Waals surface area contributed by atoms with Crippen molar-refractivity contribution in [3.05, 3.63) is 30.3 Å². The van der Waals surface area contributed by atoms with Crippen LogP contribution < -0.4 is 21.5 Å². The SMILES string of the molecule is N#CC1CNNC1NC(=O)Nc1ccccc1. The summed E-state index contributed by atoms with van der Waals surface area (Å²) in [6.45, 7) is 0.521. The van der Waals surface area contributed by atoms with Crippen LogP contribution >= 0.6 is 0 Å². The molecule has 0 saturated carbocycles. The molecule has 88 valence electrons. The Bertz CT molecular complexity index is 427. The van der Waals surface area contributed by atoms with E-state index in [0.717, 1.165) is 0 Å². The van der Waals surface area contributed by atoms with Gasteiger partial charge in [0.1, 0.15) is 6.17 Å². The summed E-state index contributed by atoms with van der Waals surface area (Å²) in [5, 5.41) is 14.2. The van der Waals surface area contributed by atoms with Gasteiger partial charge in [-0.3, -0.25) is 5.43 Å². The Morgan fingerprint density at radius 1 is 1.41 bits per heavy atom. The van der Waals surface area contributed by atoms with Gasteiger partial charge in [0, 0.05) is 12.2 Å². The maximum Gasteiger partial charge on any atom is 0.320 e. The molecule has 0 aliphatic carbocycles. The molecule has 0 bridgehead atoms. The fourth-order valence-electron chi connectivity index (χ4n) is 1.58. The zero-order valence-corrected chi connectivity index (χ0v) is 9.10. The summed E-state index contributed by atoms with van der Waals surface area (Å²) >= 11 is 0. The standard InChI is InChI=1S/C11H13N5O/c12-6-8-7-13-16-10(8)15-11(17)14-9-4-2-1-3-5-9/h1-5,8,10,13,16H,7H2,(H2,14,15,17). The van der Waals surface area contributed by atoms with Crippen LogP contribution in [0.1, 0.15) is 0 Å². The maximum atomic E-state index is 11.6. The molecule has 1 aromatic carbocycles. The Morgan fingerprint density at radius 3 is 2.88 bits per heavy atom. The van der Waals surface area contributed by atoms with E-state index >= 15 is 0 Å². The van der Waals surface area contributed by atoms with Crippen LogP contribution in [0.5, 0.6) is 0 Å². The number of urea groups is 1. The minimum atomic E-state index is -0.372. The van der Waals surface area contributed by atoms with Crippen LogP contribution in [0.3, 0.4) is 0 Å². The number of nitriles is 1. The molecule has 0 spiro atoms. The van der Waals surface area contributed by atoms with Crippen molar-refractivity contribution in [1.82, 2.24) is 16.2 Å². The Labute approximate surface area is 99.0 Å². The van der Waals surface area contributed by atoms with E-state index in [0.29, 0.717) is 12.2 Å². The van der Waals surface area contributed by atoms with Gasteiger partial charge in [-0.25, -0.2) is 10.2 Å². The molecule has 1 fully saturated rings. The van der Waals surface area contributed by atoms with Gasteiger partial charge in [0.05, 0.1) is 12.0 Å². The lowest BCUT2D eigenvalue weighted by Crippen LogP contribution is -2.48. The Hall–Kier alpha value is -2.10. The van der Waals surface area contributed by atoms with Gasteiger partial charge in [0.2, 0.25) is 0 Å². The predicted octanol–water partition coefficient (Wildman–Crippen LogP) is 0.382. The second-order valence-electron chi connectivity index (χ2n) is 3.70. The van der Waals surface area contributed by atoms with E-state index in [1.54, 1.807) is 12.1 Å². The number of rotatable bonds is 2. The molecule has 0 aromatic heterocycles. The van der Waals surface area contributed by atoms with Gasteiger partial charge < -0.3 is 10.6 Å². The molecule has 2 atom stereocenters. The van der Waals surface area contributed by atoms with Gasteiger partial charge in [-0.2, -0.15) is 5.26 Å². The van der Waals surface area contributed by atoms with Crippen molar-refractivity contribution in [1.29, 1.82) is 5.26 Å². The average molecular weight is 231 g/mol. The lowest BCUT2D eigenvalue weighted by molar-refractivity contribution is 0.245. The fraction of sp³-hybridized carbons (Fsp3) is 0.273. The number of para-hydroxylation sites is 1. The van der Waals surface area contributed by atoms with E-state index in [1.165, 1.54) is 0 Å². The smallest absolute Gasteiger partial charge is 0.320 e. The summed E-state index contributed by atoms with van der Waals surface area (Å²) in [7, 11) is 0. The normalized spacial score (nSPS) is 22.8. The van der Waals surface area contributed by atoms with Crippen LogP contribution in [0.4, 0.5) is 10.5 Å². The number of benzene rings is 1. The van der Waals surface area contributed by atoms with E-state index in [-0.39, 0.29) is 18.1 Å². The summed E-state index contributed by atoms with van der Waals surface area (Å²) in [5.74, 6) is -0.267. The van der Waals surface area contributed by atoms with Crippen LogP contribution in [0.2, 0.25) is 0 Å². The van der Waals surface area contributed by atoms with E-state index in [9.17, 15) is 4.79 Å². The van der Waals surface area contributed by atoms with Gasteiger partial charge in [-0.05, 0) is 12.1 Å². The van der Waals surface area contributed by atoms with Crippen LogP contribution in [0.15, 0.2) is 30.3 Å². The van der Waals surface area contributed by atoms with Crippen molar-refractivity contribution in [2.45, 2.75) is 6.17 Å². The quantitative estimate of drug-likeness (QED) is 0.592. The highest BCUT2D eigenvalue weighted by atomic mass is 16.2. The number of hydrogen-bond donors (Lipinski definition) is 4. The Kier molecular flexibility index (Phi) is 3.55. The van der Waals surface area contributed by atoms with Crippen molar-refractivity contribution < 1.29 is 4.79 Å². The fourth-order valence-corrected chi connectivity index (χ4v) is 1.58. The summed E-state index contributed by atoms with van der Waals surface area (Å²) < 4.78 is 0. The van der Waals surface area contributed by atoms with Crippen molar-refractivity contribution in [3.63, 3.8) is 0 Å². The molecule has 2 unspecified atom stereocenters. The van der Waals surface area contributed by atoms with Gasteiger partial charge in [0.25, 0.3) is 0 Å². The molecule has 1 aromatic rings. The number of hydrazine groups is 1. The molecule has 0 radical (unpaired) electrons. The predicted molar refractivity (Wildman–Crippen MR) is 62.6 cm³/mol. The summed E-state index contributed by atoms with van der Waals surface area (Å²) in [5.41, 5.74) is 6.37. The third kappa shape index (κ3) is 2.93. The summed E-state index contributed by atoms with van der Waals surface area (Å²) in [6.07, 6.45) is -0.372. The minimum Gasteiger partial charge on any atom is -0.320 e. The highest BCUT2D eigenvalue weighted by Crippen LogP contribution is 2.06. The number of carbonyl (C=O) groups excluding carboxylic acids is 1. The van der Waals surface area contributed by atoms with Crippen molar-refractivity contribution in [3.8, 4) is 6.07 Å². The molecule has 17 heavy (non-hydrogen) atoms. The number of anilines is 1. The van der Waals surface area contributed by atoms with E-state index in [1.807, 2.05) is 18.2 Å². The molecular formula is C11H13N5O. The van der Waals surface area contributed by atoms with Gasteiger partial charge in [-0.1, -0.05) is 18.2 Å². The first-order valence-electron chi connectivity index (χ1n) is 5.30. The molecule has 1 aliphatic rings. The monoisotopic (exact) mass is 231 g/mol. The number of hydrogen-bond acceptors (Lipinski definition) is 4. The van der Waals surface area contributed by atoms with E-state index in [4.69, 9.17) is 5.26 Å². The van der Waals surface area contributed by atoms with E-state index in [2.05, 4.69) is 27.6 Å². The van der Waals surface area contributed by atoms with E-state index < -0.39 is 0 Å². The third-order valence-electron chi connectivity index (χ3n) is 2.47. The van der Waals surface area contributed by atoms with Crippen LogP contribution in [0.25, 0.3) is 0 Å². The number of nitrogens with zero attached hydrogens (tertiary/aromatic N) is 1. The molecule has 1 saturated heterocycles. The number of amides is 2. The lowest BCUT2D eigenvalue weighted by atomic mass is 10.1. The molecule has 6 nitrogen and oxygen atoms in total. The second kappa shape index (κ2) is 5.30. The summed E-state index contributed by atoms with van der Waals surface area (Å²) in [4.78, 5) is 11.6. The van der Waals surface area contributed by atoms with Crippen LogP contribution in [-0.4, -0.2) is 18.7 Å². The molecule has 1 heterocycles. The largest absolute Gasteiger partial charge is 0.320 e. The second-order valence-corrected chi connectivity index (χ2v) is 3.70. The van der Waals surface area contributed by atoms with Crippen molar-refractivity contribution >= 4 is 11.7 Å². The average Bonchev–Trinajstić information content (AvgIpc) is 2.77. The number of nitrogens with one attached hydrogen (secondary N) is 4. The molecule has 1 aliphatic heterocycles. The molecule has 4 N–H and O–H groups in total. The van der Waals surface area contributed by atoms with Gasteiger partial charge >= 0.3 is 6.03 Å². The van der Waals surface area contributed by atoms with Gasteiger partial charge in [-0.15, -0.1) is 0 Å². The third-order valence-corrected chi connectivity index (χ3v) is 2.47. The van der Waals surface area contributed by atoms with Crippen molar-refractivity contribution in [2.75, 3.05) is 11.9 Å². The lowest BCUT2D eigenvalue weighted by Gasteiger charge is -2.15. The minimum absolute atomic E-state index is 0.267. The first-order chi connectivity index (χ1) is 8.29. The van der Waals surface area contributed by atoms with Crippen molar-refractivity contribution in [2.24, 2.45) is 5.92 Å². The maximum absolute atomic E-state index is 11.6. The molecular weight excluding hydrogens is 218 g/mol. The Morgan fingerprint density at radius 2 is 2.18 bits per heavy atom. The molecule has 2 amide bonds. The Balaban J connectivity index is 1.88. The molecule has 6 heteroatoms. The summed E-state index contributed by atoms with van der Waals surface area (Å²) in [6, 6.07) is 10.9. The van der Waals surface area contributed by atoms with Crippen LogP contribution in [0, 0.1) is 17.2 Å². The van der Waals surface area contributed by atoms with Crippen LogP contribution in [-0.2, 0) is 0 Å². The zero-order chi connectivity index (χ0) is 12.1. The number of carbonyl (C=O) groups is 1. The highest BCUT2D eigenvalue weighted by molar-refractivity contribution is 5.89. The molecule has 2 rings (SSSR count).